The van der Waals surface area contributed by atoms with Crippen molar-refractivity contribution in [2.45, 2.75) is 13.1 Å². The summed E-state index contributed by atoms with van der Waals surface area (Å²) in [5.74, 6) is -2.78. The van der Waals surface area contributed by atoms with E-state index in [-0.39, 0.29) is 22.0 Å². The van der Waals surface area contributed by atoms with E-state index in [1.165, 1.54) is 31.2 Å². The Morgan fingerprint density at radius 2 is 1.86 bits per heavy atom. The van der Waals surface area contributed by atoms with Gasteiger partial charge in [0.2, 0.25) is 15.9 Å². The standard InChI is InChI=1S/C18H14ClF3N2O4S/c1-10-9-29(27,28)24(17(10)26)11-6-7-14(19)12(8-11)16(25)23-15-5-3-2-4-13(15)18(20,21)22/h2-8,10H,9H2,1H3,(H,23,25). The molecule has 1 unspecified atom stereocenters. The second-order valence-electron chi connectivity index (χ2n) is 6.44. The van der Waals surface area contributed by atoms with E-state index in [2.05, 4.69) is 5.32 Å². The van der Waals surface area contributed by atoms with E-state index < -0.39 is 45.2 Å². The largest absolute Gasteiger partial charge is 0.418 e. The molecule has 0 aliphatic carbocycles. The fraction of sp³-hybridized carbons (Fsp3) is 0.222. The number of halogens is 4. The molecule has 2 aromatic carbocycles. The molecular formula is C18H14ClF3N2O4S. The quantitative estimate of drug-likeness (QED) is 0.774. The van der Waals surface area contributed by atoms with Crippen LogP contribution in [0.2, 0.25) is 5.02 Å². The minimum absolute atomic E-state index is 0.113. The summed E-state index contributed by atoms with van der Waals surface area (Å²) in [4.78, 5) is 24.8. The number of rotatable bonds is 3. The van der Waals surface area contributed by atoms with Gasteiger partial charge in [-0.25, -0.2) is 12.7 Å². The normalized spacial score (nSPS) is 18.7. The number of nitrogens with zero attached hydrogens (tertiary/aromatic N) is 1. The molecule has 1 fully saturated rings. The zero-order chi connectivity index (χ0) is 21.6. The van der Waals surface area contributed by atoms with Crippen molar-refractivity contribution in [3.63, 3.8) is 0 Å². The summed E-state index contributed by atoms with van der Waals surface area (Å²) < 4.78 is 64.4. The molecule has 1 N–H and O–H groups in total. The summed E-state index contributed by atoms with van der Waals surface area (Å²) in [7, 11) is -3.92. The van der Waals surface area contributed by atoms with Gasteiger partial charge in [-0.2, -0.15) is 13.2 Å². The number of benzene rings is 2. The number of anilines is 2. The van der Waals surface area contributed by atoms with Crippen LogP contribution in [0.4, 0.5) is 24.5 Å². The van der Waals surface area contributed by atoms with Crippen molar-refractivity contribution in [1.29, 1.82) is 0 Å². The fourth-order valence-electron chi connectivity index (χ4n) is 2.93. The van der Waals surface area contributed by atoms with Crippen LogP contribution in [0.15, 0.2) is 42.5 Å². The highest BCUT2D eigenvalue weighted by atomic mass is 35.5. The predicted molar refractivity (Wildman–Crippen MR) is 101 cm³/mol. The molecule has 11 heteroatoms. The van der Waals surface area contributed by atoms with Gasteiger partial charge >= 0.3 is 6.18 Å². The fourth-order valence-corrected chi connectivity index (χ4v) is 4.95. The first kappa shape index (κ1) is 21.1. The molecule has 0 bridgehead atoms. The van der Waals surface area contributed by atoms with E-state index in [1.54, 1.807) is 0 Å². The Labute approximate surface area is 169 Å². The van der Waals surface area contributed by atoms with Crippen LogP contribution in [-0.2, 0) is 21.0 Å². The van der Waals surface area contributed by atoms with Crippen LogP contribution in [0, 0.1) is 5.92 Å². The molecule has 0 radical (unpaired) electrons. The number of sulfonamides is 1. The lowest BCUT2D eigenvalue weighted by Gasteiger charge is -2.17. The molecule has 1 atom stereocenters. The number of amides is 2. The maximum Gasteiger partial charge on any atom is 0.418 e. The molecule has 2 amide bonds. The van der Waals surface area contributed by atoms with E-state index in [1.807, 2.05) is 0 Å². The highest BCUT2D eigenvalue weighted by Gasteiger charge is 2.42. The van der Waals surface area contributed by atoms with Crippen LogP contribution in [-0.4, -0.2) is 26.0 Å². The van der Waals surface area contributed by atoms with E-state index in [4.69, 9.17) is 11.6 Å². The minimum Gasteiger partial charge on any atom is -0.321 e. The zero-order valence-electron chi connectivity index (χ0n) is 14.8. The molecule has 1 aliphatic rings. The van der Waals surface area contributed by atoms with Crippen LogP contribution >= 0.6 is 11.6 Å². The van der Waals surface area contributed by atoms with Gasteiger partial charge in [-0.05, 0) is 30.3 Å². The van der Waals surface area contributed by atoms with Gasteiger partial charge in [0, 0.05) is 0 Å². The van der Waals surface area contributed by atoms with Gasteiger partial charge in [0.1, 0.15) is 0 Å². The Morgan fingerprint density at radius 1 is 1.21 bits per heavy atom. The molecule has 1 saturated heterocycles. The molecule has 29 heavy (non-hydrogen) atoms. The zero-order valence-corrected chi connectivity index (χ0v) is 16.4. The van der Waals surface area contributed by atoms with Gasteiger partial charge in [0.05, 0.1) is 39.2 Å². The number of carbonyl (C=O) groups excluding carboxylic acids is 2. The number of alkyl halides is 3. The smallest absolute Gasteiger partial charge is 0.321 e. The van der Waals surface area contributed by atoms with Gasteiger partial charge < -0.3 is 5.32 Å². The Bertz CT molecular complexity index is 1100. The van der Waals surface area contributed by atoms with E-state index in [0.717, 1.165) is 18.2 Å². The lowest BCUT2D eigenvalue weighted by molar-refractivity contribution is -0.136. The second kappa shape index (κ2) is 7.34. The Hall–Kier alpha value is -2.59. The van der Waals surface area contributed by atoms with E-state index in [9.17, 15) is 31.2 Å². The van der Waals surface area contributed by atoms with Crippen molar-refractivity contribution in [1.82, 2.24) is 0 Å². The first-order chi connectivity index (χ1) is 13.4. The maximum absolute atomic E-state index is 13.1. The van der Waals surface area contributed by atoms with Gasteiger partial charge in [0.25, 0.3) is 5.91 Å². The van der Waals surface area contributed by atoms with Gasteiger partial charge in [-0.15, -0.1) is 0 Å². The number of hydrogen-bond acceptors (Lipinski definition) is 4. The topological polar surface area (TPSA) is 83.6 Å². The van der Waals surface area contributed by atoms with E-state index in [0.29, 0.717) is 4.31 Å². The van der Waals surface area contributed by atoms with Gasteiger partial charge in [-0.3, -0.25) is 9.59 Å². The molecule has 2 aromatic rings. The van der Waals surface area contributed by atoms with Crippen LogP contribution in [0.25, 0.3) is 0 Å². The average molecular weight is 447 g/mol. The number of nitrogens with one attached hydrogen (secondary N) is 1. The molecule has 1 heterocycles. The summed E-state index contributed by atoms with van der Waals surface area (Å²) in [6, 6.07) is 7.89. The molecule has 154 valence electrons. The van der Waals surface area contributed by atoms with Crippen LogP contribution < -0.4 is 9.62 Å². The molecule has 0 aromatic heterocycles. The molecule has 0 spiro atoms. The lowest BCUT2D eigenvalue weighted by atomic mass is 10.1. The summed E-state index contributed by atoms with van der Waals surface area (Å²) in [5.41, 5.74) is -1.92. The third-order valence-corrected chi connectivity index (χ3v) is 6.47. The van der Waals surface area contributed by atoms with Crippen molar-refractivity contribution in [3.8, 4) is 0 Å². The van der Waals surface area contributed by atoms with Crippen molar-refractivity contribution in [2.75, 3.05) is 15.4 Å². The van der Waals surface area contributed by atoms with Gasteiger partial charge in [0.15, 0.2) is 0 Å². The molecular weight excluding hydrogens is 433 g/mol. The number of hydrogen-bond donors (Lipinski definition) is 1. The molecule has 6 nitrogen and oxygen atoms in total. The van der Waals surface area contributed by atoms with Crippen LogP contribution in [0.3, 0.4) is 0 Å². The maximum atomic E-state index is 13.1. The number of carbonyl (C=O) groups is 2. The third-order valence-electron chi connectivity index (χ3n) is 4.27. The van der Waals surface area contributed by atoms with Crippen molar-refractivity contribution in [2.24, 2.45) is 5.92 Å². The number of para-hydroxylation sites is 1. The van der Waals surface area contributed by atoms with Crippen molar-refractivity contribution >= 4 is 44.8 Å². The van der Waals surface area contributed by atoms with Crippen molar-refractivity contribution < 1.29 is 31.2 Å². The highest BCUT2D eigenvalue weighted by Crippen LogP contribution is 2.35. The third kappa shape index (κ3) is 4.08. The molecule has 0 saturated carbocycles. The summed E-state index contributed by atoms with van der Waals surface area (Å²) >= 11 is 5.99. The van der Waals surface area contributed by atoms with Crippen LogP contribution in [0.5, 0.6) is 0 Å². The first-order valence-corrected chi connectivity index (χ1v) is 10.2. The average Bonchev–Trinajstić information content (AvgIpc) is 2.82. The SMILES string of the molecule is CC1CS(=O)(=O)N(c2ccc(Cl)c(C(=O)Nc3ccccc3C(F)(F)F)c2)C1=O. The van der Waals surface area contributed by atoms with E-state index >= 15 is 0 Å². The predicted octanol–water partition coefficient (Wildman–Crippen LogP) is 3.92. The summed E-state index contributed by atoms with van der Waals surface area (Å²) in [5, 5.41) is 2.02. The highest BCUT2D eigenvalue weighted by molar-refractivity contribution is 7.94. The summed E-state index contributed by atoms with van der Waals surface area (Å²) in [6.07, 6.45) is -4.69. The first-order valence-electron chi connectivity index (χ1n) is 8.26. The molecule has 1 aliphatic heterocycles. The molecule has 3 rings (SSSR count). The second-order valence-corrected chi connectivity index (χ2v) is 8.71. The van der Waals surface area contributed by atoms with Crippen molar-refractivity contribution in [3.05, 3.63) is 58.6 Å². The lowest BCUT2D eigenvalue weighted by Crippen LogP contribution is -2.30. The minimum atomic E-state index is -4.69. The van der Waals surface area contributed by atoms with Gasteiger partial charge in [-0.1, -0.05) is 30.7 Å². The summed E-state index contributed by atoms with van der Waals surface area (Å²) in [6.45, 7) is 1.46. The monoisotopic (exact) mass is 446 g/mol. The Morgan fingerprint density at radius 3 is 2.45 bits per heavy atom. The Balaban J connectivity index is 1.98. The van der Waals surface area contributed by atoms with Crippen LogP contribution in [0.1, 0.15) is 22.8 Å². The Kier molecular flexibility index (Phi) is 5.35.